The summed E-state index contributed by atoms with van der Waals surface area (Å²) in [4.78, 5) is 27.0. The highest BCUT2D eigenvalue weighted by Crippen LogP contribution is 2.28. The lowest BCUT2D eigenvalue weighted by molar-refractivity contribution is -0.122. The Kier molecular flexibility index (Phi) is 9.06. The molecule has 39 heavy (non-hydrogen) atoms. The molecule has 9 heteroatoms. The molecule has 3 aromatic heterocycles. The maximum atomic E-state index is 13.5. The Balaban J connectivity index is 1.36. The van der Waals surface area contributed by atoms with Crippen LogP contribution >= 0.6 is 11.6 Å². The van der Waals surface area contributed by atoms with E-state index in [2.05, 4.69) is 20.9 Å². The normalized spacial score (nSPS) is 14.5. The van der Waals surface area contributed by atoms with Crippen LogP contribution in [0.4, 0.5) is 11.8 Å². The van der Waals surface area contributed by atoms with Gasteiger partial charge in [-0.05, 0) is 59.9 Å². The first-order valence-electron chi connectivity index (χ1n) is 13.6. The van der Waals surface area contributed by atoms with Gasteiger partial charge < -0.3 is 20.5 Å². The monoisotopic (exact) mass is 543 g/mol. The summed E-state index contributed by atoms with van der Waals surface area (Å²) in [5.74, 6) is 2.25. The first-order valence-corrected chi connectivity index (χ1v) is 13.9. The highest BCUT2D eigenvalue weighted by atomic mass is 35.5. The van der Waals surface area contributed by atoms with Gasteiger partial charge in [0.25, 0.3) is 0 Å². The smallest absolute Gasteiger partial charge is 0.242 e. The summed E-state index contributed by atoms with van der Waals surface area (Å²) in [6.07, 6.45) is 14.1. The minimum atomic E-state index is -0.414. The van der Waals surface area contributed by atoms with Gasteiger partial charge in [0.1, 0.15) is 17.7 Å². The maximum absolute atomic E-state index is 13.5. The standard InChI is InChI=1S/C30H34ClN7O/c31-25-10-6-9-24(17-25)21-34-30-36-27(19-28(37-30)38-15-4-5-16-38)35-26(18-22-7-2-1-3-8-22)29(39)33-20-23-11-13-32-14-12-23/h4-6,9-17,19,22,26H,1-3,7-8,18,20-21H2,(H,33,39)(H2,34,35,36,37)/t26-/m1/s1. The number of carbonyl (C=O) groups excluding carboxylic acids is 1. The van der Waals surface area contributed by atoms with E-state index in [-0.39, 0.29) is 5.91 Å². The molecule has 0 spiro atoms. The third-order valence-electron chi connectivity index (χ3n) is 7.07. The van der Waals surface area contributed by atoms with Crippen molar-refractivity contribution in [2.24, 2.45) is 5.92 Å². The number of benzene rings is 1. The fraction of sp³-hybridized carbons (Fsp3) is 0.333. The van der Waals surface area contributed by atoms with Gasteiger partial charge in [0.15, 0.2) is 0 Å². The number of nitrogens with one attached hydrogen (secondary N) is 3. The van der Waals surface area contributed by atoms with E-state index >= 15 is 0 Å². The second-order valence-electron chi connectivity index (χ2n) is 10.0. The number of amides is 1. The molecular weight excluding hydrogens is 510 g/mol. The zero-order valence-corrected chi connectivity index (χ0v) is 22.6. The highest BCUT2D eigenvalue weighted by molar-refractivity contribution is 6.30. The molecule has 0 aliphatic heterocycles. The van der Waals surface area contributed by atoms with Crippen molar-refractivity contribution in [3.63, 3.8) is 0 Å². The van der Waals surface area contributed by atoms with Gasteiger partial charge in [0.2, 0.25) is 11.9 Å². The molecule has 1 saturated carbocycles. The van der Waals surface area contributed by atoms with Crippen molar-refractivity contribution >= 4 is 29.3 Å². The predicted octanol–water partition coefficient (Wildman–Crippen LogP) is 6.00. The SMILES string of the molecule is O=C(NCc1ccncc1)[C@@H](CC1CCCCC1)Nc1cc(-n2cccc2)nc(NCc2cccc(Cl)c2)n1. The number of aromatic nitrogens is 4. The number of carbonyl (C=O) groups is 1. The van der Waals surface area contributed by atoms with Crippen molar-refractivity contribution in [1.82, 2.24) is 24.8 Å². The molecule has 3 heterocycles. The zero-order valence-electron chi connectivity index (χ0n) is 21.9. The van der Waals surface area contributed by atoms with E-state index in [1.807, 2.05) is 71.6 Å². The molecule has 1 aromatic carbocycles. The van der Waals surface area contributed by atoms with Crippen LogP contribution in [0.1, 0.15) is 49.7 Å². The Bertz CT molecular complexity index is 1340. The topological polar surface area (TPSA) is 96.8 Å². The number of rotatable bonds is 11. The first-order chi connectivity index (χ1) is 19.1. The molecule has 3 N–H and O–H groups in total. The van der Waals surface area contributed by atoms with Crippen LogP contribution in [0.25, 0.3) is 5.82 Å². The minimum absolute atomic E-state index is 0.0352. The van der Waals surface area contributed by atoms with E-state index in [9.17, 15) is 4.79 Å². The molecule has 8 nitrogen and oxygen atoms in total. The van der Waals surface area contributed by atoms with Crippen molar-refractivity contribution in [2.75, 3.05) is 10.6 Å². The quantitative estimate of drug-likeness (QED) is 0.215. The number of halogens is 1. The summed E-state index contributed by atoms with van der Waals surface area (Å²) in [7, 11) is 0. The predicted molar refractivity (Wildman–Crippen MR) is 155 cm³/mol. The third kappa shape index (κ3) is 7.80. The van der Waals surface area contributed by atoms with E-state index in [0.717, 1.165) is 30.4 Å². The Morgan fingerprint density at radius 1 is 0.949 bits per heavy atom. The minimum Gasteiger partial charge on any atom is -0.358 e. The van der Waals surface area contributed by atoms with Crippen molar-refractivity contribution in [2.45, 2.75) is 57.7 Å². The molecule has 202 valence electrons. The molecule has 0 saturated heterocycles. The van der Waals surface area contributed by atoms with Crippen molar-refractivity contribution in [1.29, 1.82) is 0 Å². The summed E-state index contributed by atoms with van der Waals surface area (Å²) in [5.41, 5.74) is 2.04. The van der Waals surface area contributed by atoms with Gasteiger partial charge in [-0.15, -0.1) is 0 Å². The van der Waals surface area contributed by atoms with Crippen LogP contribution in [-0.2, 0) is 17.9 Å². The maximum Gasteiger partial charge on any atom is 0.242 e. The molecule has 1 amide bonds. The van der Waals surface area contributed by atoms with Gasteiger partial charge in [-0.1, -0.05) is 55.8 Å². The van der Waals surface area contributed by atoms with Crippen LogP contribution in [-0.4, -0.2) is 31.5 Å². The molecule has 0 radical (unpaired) electrons. The molecule has 1 aliphatic carbocycles. The van der Waals surface area contributed by atoms with Crippen molar-refractivity contribution < 1.29 is 4.79 Å². The van der Waals surface area contributed by atoms with Crippen LogP contribution in [0.3, 0.4) is 0 Å². The number of pyridine rings is 1. The zero-order chi connectivity index (χ0) is 26.9. The van der Waals surface area contributed by atoms with Gasteiger partial charge in [0.05, 0.1) is 0 Å². The van der Waals surface area contributed by atoms with E-state index in [1.54, 1.807) is 12.4 Å². The van der Waals surface area contributed by atoms with Gasteiger partial charge in [-0.3, -0.25) is 9.78 Å². The lowest BCUT2D eigenvalue weighted by atomic mass is 9.84. The number of hydrogen-bond donors (Lipinski definition) is 3. The average Bonchev–Trinajstić information content (AvgIpc) is 3.51. The lowest BCUT2D eigenvalue weighted by Crippen LogP contribution is -2.41. The average molecular weight is 544 g/mol. The van der Waals surface area contributed by atoms with E-state index in [4.69, 9.17) is 21.6 Å². The second kappa shape index (κ2) is 13.2. The van der Waals surface area contributed by atoms with Crippen molar-refractivity contribution in [3.8, 4) is 5.82 Å². The van der Waals surface area contributed by atoms with Crippen LogP contribution in [0, 0.1) is 5.92 Å². The first kappa shape index (κ1) is 26.7. The van der Waals surface area contributed by atoms with E-state index in [0.29, 0.717) is 41.6 Å². The summed E-state index contributed by atoms with van der Waals surface area (Å²) >= 11 is 6.16. The Morgan fingerprint density at radius 2 is 1.74 bits per heavy atom. The molecule has 0 bridgehead atoms. The Morgan fingerprint density at radius 3 is 2.51 bits per heavy atom. The summed E-state index contributed by atoms with van der Waals surface area (Å²) in [6.45, 7) is 0.974. The molecular formula is C30H34ClN7O. The van der Waals surface area contributed by atoms with Crippen molar-refractivity contribution in [3.05, 3.63) is 95.5 Å². The summed E-state index contributed by atoms with van der Waals surface area (Å²) in [6, 6.07) is 16.9. The van der Waals surface area contributed by atoms with Gasteiger partial charge in [-0.25, -0.2) is 0 Å². The molecule has 1 fully saturated rings. The summed E-state index contributed by atoms with van der Waals surface area (Å²) in [5, 5.41) is 10.6. The van der Waals surface area contributed by atoms with Gasteiger partial charge in [-0.2, -0.15) is 9.97 Å². The van der Waals surface area contributed by atoms with E-state index in [1.165, 1.54) is 19.3 Å². The fourth-order valence-corrected chi connectivity index (χ4v) is 5.23. The Hall–Kier alpha value is -3.91. The van der Waals surface area contributed by atoms with Gasteiger partial charge in [0, 0.05) is 49.0 Å². The molecule has 5 rings (SSSR count). The van der Waals surface area contributed by atoms with Crippen LogP contribution in [0.2, 0.25) is 5.02 Å². The Labute approximate surface area is 234 Å². The summed E-state index contributed by atoms with van der Waals surface area (Å²) < 4.78 is 1.93. The third-order valence-corrected chi connectivity index (χ3v) is 7.30. The van der Waals surface area contributed by atoms with Crippen LogP contribution in [0.5, 0.6) is 0 Å². The van der Waals surface area contributed by atoms with E-state index < -0.39 is 6.04 Å². The molecule has 1 aliphatic rings. The largest absolute Gasteiger partial charge is 0.358 e. The number of hydrogen-bond acceptors (Lipinski definition) is 6. The number of anilines is 2. The fourth-order valence-electron chi connectivity index (χ4n) is 5.01. The highest BCUT2D eigenvalue weighted by Gasteiger charge is 2.25. The molecule has 1 atom stereocenters. The van der Waals surface area contributed by atoms with Crippen LogP contribution in [0.15, 0.2) is 79.4 Å². The molecule has 0 unspecified atom stereocenters. The van der Waals surface area contributed by atoms with Gasteiger partial charge >= 0.3 is 0 Å². The lowest BCUT2D eigenvalue weighted by Gasteiger charge is -2.27. The van der Waals surface area contributed by atoms with Crippen LogP contribution < -0.4 is 16.0 Å². The molecule has 4 aromatic rings. The number of nitrogens with zero attached hydrogens (tertiary/aromatic N) is 4. The second-order valence-corrected chi connectivity index (χ2v) is 10.5.